The van der Waals surface area contributed by atoms with Crippen molar-refractivity contribution < 1.29 is 9.59 Å². The zero-order chi connectivity index (χ0) is 23.5. The maximum absolute atomic E-state index is 14.1. The molecular formula is C27H33N3O2S. The molecule has 4 atom stereocenters. The molecule has 0 saturated heterocycles. The molecule has 0 radical (unpaired) electrons. The molecule has 6 heteroatoms. The second-order valence-electron chi connectivity index (χ2n) is 10.3. The first-order valence-electron chi connectivity index (χ1n) is 12.0. The number of anilines is 1. The Morgan fingerprint density at radius 1 is 1.15 bits per heavy atom. The molecule has 1 fully saturated rings. The first-order valence-corrected chi connectivity index (χ1v) is 12.9. The monoisotopic (exact) mass is 463 g/mol. The van der Waals surface area contributed by atoms with Crippen LogP contribution in [0.15, 0.2) is 35.7 Å². The van der Waals surface area contributed by atoms with Gasteiger partial charge in [-0.15, -0.1) is 11.3 Å². The van der Waals surface area contributed by atoms with Crippen LogP contribution >= 0.6 is 11.3 Å². The van der Waals surface area contributed by atoms with E-state index in [1.807, 2.05) is 55.0 Å². The van der Waals surface area contributed by atoms with Crippen molar-refractivity contribution in [2.24, 2.45) is 11.8 Å². The second kappa shape index (κ2) is 8.01. The van der Waals surface area contributed by atoms with E-state index >= 15 is 0 Å². The summed E-state index contributed by atoms with van der Waals surface area (Å²) in [5.41, 5.74) is 3.54. The summed E-state index contributed by atoms with van der Waals surface area (Å²) in [6, 6.07) is 10.3. The molecule has 3 heterocycles. The van der Waals surface area contributed by atoms with Crippen molar-refractivity contribution in [1.82, 2.24) is 9.88 Å². The van der Waals surface area contributed by atoms with Crippen LogP contribution in [0.4, 0.5) is 5.69 Å². The van der Waals surface area contributed by atoms with Gasteiger partial charge in [0.2, 0.25) is 5.91 Å². The number of thiophene rings is 1. The van der Waals surface area contributed by atoms with Gasteiger partial charge in [0.25, 0.3) is 5.91 Å². The Labute approximate surface area is 199 Å². The Morgan fingerprint density at radius 2 is 1.94 bits per heavy atom. The maximum Gasteiger partial charge on any atom is 0.275 e. The van der Waals surface area contributed by atoms with Crippen LogP contribution in [0.25, 0.3) is 10.2 Å². The van der Waals surface area contributed by atoms with Gasteiger partial charge in [0.15, 0.2) is 0 Å². The minimum Gasteiger partial charge on any atom is -0.351 e. The summed E-state index contributed by atoms with van der Waals surface area (Å²) in [5.74, 6) is 0.832. The minimum absolute atomic E-state index is 0.0644. The van der Waals surface area contributed by atoms with Crippen LogP contribution in [-0.4, -0.2) is 28.0 Å². The molecule has 33 heavy (non-hydrogen) atoms. The van der Waals surface area contributed by atoms with Crippen LogP contribution in [0.2, 0.25) is 0 Å². The number of nitrogens with zero attached hydrogens (tertiary/aromatic N) is 2. The number of aryl methyl sites for hydroxylation is 2. The average Bonchev–Trinajstić information content (AvgIpc) is 3.36. The summed E-state index contributed by atoms with van der Waals surface area (Å²) in [5, 5.41) is 5.43. The van der Waals surface area contributed by atoms with E-state index in [0.717, 1.165) is 39.9 Å². The average molecular weight is 464 g/mol. The van der Waals surface area contributed by atoms with E-state index in [4.69, 9.17) is 0 Å². The van der Waals surface area contributed by atoms with Gasteiger partial charge < -0.3 is 9.88 Å². The van der Waals surface area contributed by atoms with Crippen molar-refractivity contribution in [3.63, 3.8) is 0 Å². The van der Waals surface area contributed by atoms with Crippen LogP contribution in [-0.2, 0) is 11.3 Å². The molecular weight excluding hydrogens is 430 g/mol. The number of fused-ring (bicyclic) bond motifs is 3. The molecule has 2 amide bonds. The molecule has 2 aliphatic rings. The molecule has 1 saturated carbocycles. The van der Waals surface area contributed by atoms with E-state index in [9.17, 15) is 9.59 Å². The van der Waals surface area contributed by atoms with Crippen LogP contribution in [0.5, 0.6) is 0 Å². The topological polar surface area (TPSA) is 54.3 Å². The van der Waals surface area contributed by atoms with Crippen LogP contribution in [0.3, 0.4) is 0 Å². The molecule has 3 aromatic rings. The van der Waals surface area contributed by atoms with E-state index < -0.39 is 5.54 Å². The minimum atomic E-state index is -1.03. The van der Waals surface area contributed by atoms with Crippen LogP contribution in [0.1, 0.15) is 61.6 Å². The Hall–Kier alpha value is -2.60. The molecule has 5 rings (SSSR count). The molecule has 1 aliphatic carbocycles. The summed E-state index contributed by atoms with van der Waals surface area (Å²) in [6.07, 6.45) is 3.33. The molecule has 0 spiro atoms. The lowest BCUT2D eigenvalue weighted by Gasteiger charge is -2.46. The predicted molar refractivity (Wildman–Crippen MR) is 135 cm³/mol. The number of carbonyl (C=O) groups excluding carboxylic acids is 2. The second-order valence-corrected chi connectivity index (χ2v) is 11.3. The fourth-order valence-corrected chi connectivity index (χ4v) is 6.48. The van der Waals surface area contributed by atoms with Gasteiger partial charge >= 0.3 is 0 Å². The smallest absolute Gasteiger partial charge is 0.275 e. The molecule has 1 N–H and O–H groups in total. The Kier molecular flexibility index (Phi) is 5.39. The number of hydrogen-bond donors (Lipinski definition) is 1. The Bertz CT molecular complexity index is 1240. The molecule has 0 bridgehead atoms. The first-order chi connectivity index (χ1) is 15.7. The van der Waals surface area contributed by atoms with Gasteiger partial charge in [0, 0.05) is 11.7 Å². The maximum atomic E-state index is 14.1. The number of benzene rings is 1. The number of amides is 2. The normalized spacial score (nSPS) is 27.6. The molecule has 0 unspecified atom stereocenters. The highest BCUT2D eigenvalue weighted by Gasteiger charge is 2.50. The summed E-state index contributed by atoms with van der Waals surface area (Å²) in [7, 11) is 0. The molecule has 1 aromatic carbocycles. The van der Waals surface area contributed by atoms with Crippen molar-refractivity contribution in [2.45, 2.75) is 72.0 Å². The highest BCUT2D eigenvalue weighted by molar-refractivity contribution is 7.17. The summed E-state index contributed by atoms with van der Waals surface area (Å²) < 4.78 is 3.13. The Morgan fingerprint density at radius 3 is 2.73 bits per heavy atom. The summed E-state index contributed by atoms with van der Waals surface area (Å²) in [6.45, 7) is 10.9. The summed E-state index contributed by atoms with van der Waals surface area (Å²) >= 11 is 1.63. The lowest BCUT2D eigenvalue weighted by molar-refractivity contribution is -0.128. The standard InChI is InChI=1S/C27H33N3O2S/c1-16-9-10-18(3)22(13-16)30-25(31)23-14-24-21(11-12-33-24)29(23)15-27(30,5)26(32)28-20-8-6-7-17(2)19(20)4/h9-14,17,19-20H,6-8,15H2,1-5H3,(H,28,32)/t17-,19+,20-,27-/m1/s1. The van der Waals surface area contributed by atoms with Gasteiger partial charge in [0.05, 0.1) is 16.8 Å². The Balaban J connectivity index is 1.61. The third-order valence-electron chi connectivity index (χ3n) is 8.02. The van der Waals surface area contributed by atoms with E-state index in [1.54, 1.807) is 16.2 Å². The number of carbonyl (C=O) groups is 2. The number of nitrogens with one attached hydrogen (secondary N) is 1. The lowest BCUT2D eigenvalue weighted by atomic mass is 9.77. The SMILES string of the molecule is Cc1ccc(C)c(N2C(=O)c3cc4sccc4n3C[C@]2(C)C(=O)N[C@@H]2CCC[C@@H](C)[C@@H]2C)c1. The van der Waals surface area contributed by atoms with Crippen molar-refractivity contribution in [1.29, 1.82) is 0 Å². The zero-order valence-electron chi connectivity index (χ0n) is 20.1. The highest BCUT2D eigenvalue weighted by Crippen LogP contribution is 2.39. The first kappa shape index (κ1) is 22.2. The van der Waals surface area contributed by atoms with Gasteiger partial charge in [-0.1, -0.05) is 38.8 Å². The van der Waals surface area contributed by atoms with Crippen LogP contribution in [0, 0.1) is 25.7 Å². The highest BCUT2D eigenvalue weighted by atomic mass is 32.1. The van der Waals surface area contributed by atoms with Crippen LogP contribution < -0.4 is 10.2 Å². The van der Waals surface area contributed by atoms with Gasteiger partial charge in [-0.2, -0.15) is 0 Å². The summed E-state index contributed by atoms with van der Waals surface area (Å²) in [4.78, 5) is 29.8. The van der Waals surface area contributed by atoms with E-state index in [2.05, 4.69) is 25.2 Å². The largest absolute Gasteiger partial charge is 0.351 e. The molecule has 5 nitrogen and oxygen atoms in total. The van der Waals surface area contributed by atoms with Crippen molar-refractivity contribution in [2.75, 3.05) is 4.90 Å². The molecule has 174 valence electrons. The van der Waals surface area contributed by atoms with Gasteiger partial charge in [-0.3, -0.25) is 14.5 Å². The zero-order valence-corrected chi connectivity index (χ0v) is 21.0. The number of aromatic nitrogens is 1. The van der Waals surface area contributed by atoms with E-state index in [1.165, 1.54) is 6.42 Å². The number of hydrogen-bond acceptors (Lipinski definition) is 3. The van der Waals surface area contributed by atoms with Gasteiger partial charge in [-0.05, 0) is 73.7 Å². The quantitative estimate of drug-likeness (QED) is 0.543. The molecule has 1 aliphatic heterocycles. The van der Waals surface area contributed by atoms with Gasteiger partial charge in [-0.25, -0.2) is 0 Å². The van der Waals surface area contributed by atoms with E-state index in [-0.39, 0.29) is 17.9 Å². The fourth-order valence-electron chi connectivity index (χ4n) is 5.66. The van der Waals surface area contributed by atoms with E-state index in [0.29, 0.717) is 24.1 Å². The van der Waals surface area contributed by atoms with Crippen molar-refractivity contribution in [3.8, 4) is 0 Å². The lowest BCUT2D eigenvalue weighted by Crippen LogP contribution is -2.66. The third kappa shape index (κ3) is 3.50. The van der Waals surface area contributed by atoms with Gasteiger partial charge in [0.1, 0.15) is 11.2 Å². The third-order valence-corrected chi connectivity index (χ3v) is 8.88. The van der Waals surface area contributed by atoms with Crippen molar-refractivity contribution >= 4 is 39.1 Å². The fraction of sp³-hybridized carbons (Fsp3) is 0.481. The molecule has 2 aromatic heterocycles. The van der Waals surface area contributed by atoms with Crippen molar-refractivity contribution in [3.05, 3.63) is 52.5 Å². The predicted octanol–water partition coefficient (Wildman–Crippen LogP) is 5.68. The number of rotatable bonds is 3.